The number of fused-ring (bicyclic) bond motifs is 1. The Morgan fingerprint density at radius 3 is 2.65 bits per heavy atom. The number of hydrogen-bond acceptors (Lipinski definition) is 5. The van der Waals surface area contributed by atoms with E-state index in [9.17, 15) is 0 Å². The topological polar surface area (TPSA) is 84.3 Å². The Morgan fingerprint density at radius 2 is 2.00 bits per heavy atom. The molecule has 0 atom stereocenters. The van der Waals surface area contributed by atoms with Gasteiger partial charge in [0.15, 0.2) is 5.82 Å². The van der Waals surface area contributed by atoms with E-state index < -0.39 is 0 Å². The standard InChI is InChI=1S/C16H21N7/c1-9-11(8-18-23(9)16(2,3)4)19-15-13-12(7-17-22-13)20-14(21-15)10-5-6-10/h7-8,10H,5-6H2,1-4H3,(H,17,22)(H,19,20,21). The van der Waals surface area contributed by atoms with Gasteiger partial charge in [-0.1, -0.05) is 0 Å². The number of anilines is 2. The Kier molecular flexibility index (Phi) is 2.94. The number of nitrogens with one attached hydrogen (secondary N) is 2. The van der Waals surface area contributed by atoms with Gasteiger partial charge < -0.3 is 5.32 Å². The molecule has 3 heterocycles. The van der Waals surface area contributed by atoms with Crippen LogP contribution in [0.5, 0.6) is 0 Å². The normalized spacial score (nSPS) is 15.3. The van der Waals surface area contributed by atoms with Crippen LogP contribution < -0.4 is 5.32 Å². The first-order valence-electron chi connectivity index (χ1n) is 7.96. The number of rotatable bonds is 3. The van der Waals surface area contributed by atoms with Gasteiger partial charge in [0.1, 0.15) is 16.9 Å². The summed E-state index contributed by atoms with van der Waals surface area (Å²) in [6.45, 7) is 8.48. The van der Waals surface area contributed by atoms with Crippen LogP contribution in [0.3, 0.4) is 0 Å². The molecule has 1 aliphatic carbocycles. The van der Waals surface area contributed by atoms with Crippen LogP contribution in [-0.2, 0) is 5.54 Å². The van der Waals surface area contributed by atoms with Crippen LogP contribution in [0.2, 0.25) is 0 Å². The first kappa shape index (κ1) is 14.2. The van der Waals surface area contributed by atoms with Crippen molar-refractivity contribution in [2.75, 3.05) is 5.32 Å². The molecule has 2 N–H and O–H groups in total. The third kappa shape index (κ3) is 2.46. The molecule has 3 aromatic rings. The summed E-state index contributed by atoms with van der Waals surface area (Å²) in [6.07, 6.45) is 5.94. The van der Waals surface area contributed by atoms with Gasteiger partial charge in [0.25, 0.3) is 0 Å². The second kappa shape index (κ2) is 4.78. The molecule has 3 aromatic heterocycles. The highest BCUT2D eigenvalue weighted by Gasteiger charge is 2.28. The van der Waals surface area contributed by atoms with Gasteiger partial charge >= 0.3 is 0 Å². The zero-order valence-electron chi connectivity index (χ0n) is 13.9. The molecule has 0 saturated heterocycles. The lowest BCUT2D eigenvalue weighted by Crippen LogP contribution is -2.24. The third-order valence-electron chi connectivity index (χ3n) is 4.16. The summed E-state index contributed by atoms with van der Waals surface area (Å²) in [5, 5.41) is 15.0. The van der Waals surface area contributed by atoms with Crippen molar-refractivity contribution in [2.45, 2.75) is 52.0 Å². The van der Waals surface area contributed by atoms with E-state index in [4.69, 9.17) is 4.98 Å². The molecule has 0 unspecified atom stereocenters. The lowest BCUT2D eigenvalue weighted by atomic mass is 10.1. The minimum absolute atomic E-state index is 0.0574. The van der Waals surface area contributed by atoms with Crippen LogP contribution >= 0.6 is 0 Å². The van der Waals surface area contributed by atoms with Crippen LogP contribution in [0, 0.1) is 6.92 Å². The molecule has 1 fully saturated rings. The molecule has 0 aromatic carbocycles. The van der Waals surface area contributed by atoms with Crippen molar-refractivity contribution in [1.29, 1.82) is 0 Å². The quantitative estimate of drug-likeness (QED) is 0.775. The van der Waals surface area contributed by atoms with E-state index in [0.29, 0.717) is 5.92 Å². The average Bonchev–Trinajstić information content (AvgIpc) is 3.11. The number of aromatic amines is 1. The smallest absolute Gasteiger partial charge is 0.160 e. The minimum Gasteiger partial charge on any atom is -0.336 e. The summed E-state index contributed by atoms with van der Waals surface area (Å²) in [4.78, 5) is 9.31. The summed E-state index contributed by atoms with van der Waals surface area (Å²) >= 11 is 0. The van der Waals surface area contributed by atoms with Gasteiger partial charge in [-0.05, 0) is 40.5 Å². The molecular formula is C16H21N7. The van der Waals surface area contributed by atoms with Crippen molar-refractivity contribution in [2.24, 2.45) is 0 Å². The fourth-order valence-electron chi connectivity index (χ4n) is 2.81. The zero-order valence-corrected chi connectivity index (χ0v) is 13.9. The summed E-state index contributed by atoms with van der Waals surface area (Å²) < 4.78 is 2.02. The molecule has 0 aliphatic heterocycles. The van der Waals surface area contributed by atoms with Crippen LogP contribution in [-0.4, -0.2) is 29.9 Å². The van der Waals surface area contributed by atoms with Crippen LogP contribution in [0.1, 0.15) is 51.0 Å². The van der Waals surface area contributed by atoms with E-state index >= 15 is 0 Å². The summed E-state index contributed by atoms with van der Waals surface area (Å²) in [5.41, 5.74) is 3.66. The van der Waals surface area contributed by atoms with Gasteiger partial charge in [-0.25, -0.2) is 9.97 Å². The molecule has 120 valence electrons. The van der Waals surface area contributed by atoms with E-state index in [1.165, 1.54) is 12.8 Å². The number of H-pyrrole nitrogens is 1. The lowest BCUT2D eigenvalue weighted by Gasteiger charge is -2.21. The number of aromatic nitrogens is 6. The summed E-state index contributed by atoms with van der Waals surface area (Å²) in [7, 11) is 0. The predicted octanol–water partition coefficient (Wildman–Crippen LogP) is 3.23. The molecule has 4 rings (SSSR count). The van der Waals surface area contributed by atoms with Crippen LogP contribution in [0.15, 0.2) is 12.4 Å². The van der Waals surface area contributed by atoms with E-state index in [1.54, 1.807) is 6.20 Å². The van der Waals surface area contributed by atoms with Gasteiger partial charge in [0.2, 0.25) is 0 Å². The first-order valence-corrected chi connectivity index (χ1v) is 7.96. The molecule has 7 heteroatoms. The van der Waals surface area contributed by atoms with Crippen LogP contribution in [0.25, 0.3) is 11.0 Å². The fourth-order valence-corrected chi connectivity index (χ4v) is 2.81. The second-order valence-electron chi connectivity index (χ2n) is 7.19. The highest BCUT2D eigenvalue weighted by atomic mass is 15.3. The predicted molar refractivity (Wildman–Crippen MR) is 88.9 cm³/mol. The second-order valence-corrected chi connectivity index (χ2v) is 7.19. The molecule has 0 radical (unpaired) electrons. The van der Waals surface area contributed by atoms with Gasteiger partial charge in [-0.2, -0.15) is 10.2 Å². The maximum absolute atomic E-state index is 4.71. The molecule has 23 heavy (non-hydrogen) atoms. The molecule has 1 aliphatic rings. The Hall–Kier alpha value is -2.44. The van der Waals surface area contributed by atoms with Crippen molar-refractivity contribution in [1.82, 2.24) is 29.9 Å². The molecule has 0 amide bonds. The zero-order chi connectivity index (χ0) is 16.2. The molecule has 7 nitrogen and oxygen atoms in total. The van der Waals surface area contributed by atoms with Crippen molar-refractivity contribution in [3.63, 3.8) is 0 Å². The Morgan fingerprint density at radius 1 is 1.22 bits per heavy atom. The molecule has 1 saturated carbocycles. The van der Waals surface area contributed by atoms with Gasteiger partial charge in [-0.3, -0.25) is 9.78 Å². The molecular weight excluding hydrogens is 290 g/mol. The summed E-state index contributed by atoms with van der Waals surface area (Å²) in [5.74, 6) is 2.17. The van der Waals surface area contributed by atoms with Crippen LogP contribution in [0.4, 0.5) is 11.5 Å². The van der Waals surface area contributed by atoms with Crippen molar-refractivity contribution in [3.05, 3.63) is 23.9 Å². The Bertz CT molecular complexity index is 864. The van der Waals surface area contributed by atoms with Crippen molar-refractivity contribution >= 4 is 22.5 Å². The largest absolute Gasteiger partial charge is 0.336 e. The van der Waals surface area contributed by atoms with E-state index in [-0.39, 0.29) is 5.54 Å². The van der Waals surface area contributed by atoms with Gasteiger partial charge in [-0.15, -0.1) is 0 Å². The lowest BCUT2D eigenvalue weighted by molar-refractivity contribution is 0.348. The van der Waals surface area contributed by atoms with Gasteiger partial charge in [0.05, 0.1) is 29.3 Å². The third-order valence-corrected chi connectivity index (χ3v) is 4.16. The summed E-state index contributed by atoms with van der Waals surface area (Å²) in [6, 6.07) is 0. The minimum atomic E-state index is -0.0574. The Labute approximate surface area is 134 Å². The highest BCUT2D eigenvalue weighted by molar-refractivity contribution is 5.87. The molecule has 0 bridgehead atoms. The average molecular weight is 311 g/mol. The van der Waals surface area contributed by atoms with Crippen molar-refractivity contribution in [3.8, 4) is 0 Å². The SMILES string of the molecule is Cc1c(Nc2nc(C3CC3)nc3cn[nH]c23)cnn1C(C)(C)C. The molecule has 0 spiro atoms. The highest BCUT2D eigenvalue weighted by Crippen LogP contribution is 2.39. The maximum Gasteiger partial charge on any atom is 0.160 e. The first-order chi connectivity index (χ1) is 10.9. The monoisotopic (exact) mass is 311 g/mol. The van der Waals surface area contributed by atoms with E-state index in [0.717, 1.165) is 34.1 Å². The van der Waals surface area contributed by atoms with E-state index in [1.807, 2.05) is 10.9 Å². The number of nitrogens with zero attached hydrogens (tertiary/aromatic N) is 5. The van der Waals surface area contributed by atoms with Gasteiger partial charge in [0, 0.05) is 5.92 Å². The van der Waals surface area contributed by atoms with E-state index in [2.05, 4.69) is 53.3 Å². The number of hydrogen-bond donors (Lipinski definition) is 2. The maximum atomic E-state index is 4.71. The fraction of sp³-hybridized carbons (Fsp3) is 0.500. The van der Waals surface area contributed by atoms with Crippen molar-refractivity contribution < 1.29 is 0 Å². The Balaban J connectivity index is 1.75.